The van der Waals surface area contributed by atoms with E-state index in [1.165, 1.54) is 23.7 Å². The van der Waals surface area contributed by atoms with Crippen molar-refractivity contribution in [2.75, 3.05) is 18.5 Å². The predicted octanol–water partition coefficient (Wildman–Crippen LogP) is 3.04. The zero-order chi connectivity index (χ0) is 11.2. The lowest BCUT2D eigenvalue weighted by atomic mass is 10.0. The molecule has 0 aromatic heterocycles. The lowest BCUT2D eigenvalue weighted by molar-refractivity contribution is 0.148. The highest BCUT2D eigenvalue weighted by atomic mass is 19.1. The molecule has 16 heavy (non-hydrogen) atoms. The number of fused-ring (bicyclic) bond motifs is 1. The summed E-state index contributed by atoms with van der Waals surface area (Å²) in [7, 11) is 0. The van der Waals surface area contributed by atoms with Crippen molar-refractivity contribution in [2.45, 2.75) is 19.4 Å². The molecular weight excluding hydrogens is 205 g/mol. The third kappa shape index (κ3) is 2.83. The molecule has 2 rings (SSSR count). The van der Waals surface area contributed by atoms with Crippen LogP contribution in [0.25, 0.3) is 0 Å². The van der Waals surface area contributed by atoms with E-state index in [-0.39, 0.29) is 0 Å². The van der Waals surface area contributed by atoms with Gasteiger partial charge in [0.05, 0.1) is 19.5 Å². The predicted molar refractivity (Wildman–Crippen MR) is 63.2 cm³/mol. The molecule has 0 saturated heterocycles. The van der Waals surface area contributed by atoms with Gasteiger partial charge in [0.1, 0.15) is 0 Å². The molecule has 0 saturated carbocycles. The minimum absolute atomic E-state index is 0.320. The molecule has 2 nitrogen and oxygen atoms in total. The molecule has 86 valence electrons. The van der Waals surface area contributed by atoms with E-state index in [2.05, 4.69) is 23.5 Å². The SMILES string of the molecule is F/C=C/COCc1ccc2c(c1)NCCC2. The summed E-state index contributed by atoms with van der Waals surface area (Å²) in [5.41, 5.74) is 3.72. The normalized spacial score (nSPS) is 14.8. The van der Waals surface area contributed by atoms with Gasteiger partial charge in [0.15, 0.2) is 0 Å². The van der Waals surface area contributed by atoms with Crippen molar-refractivity contribution in [3.8, 4) is 0 Å². The Morgan fingerprint density at radius 1 is 1.44 bits per heavy atom. The minimum atomic E-state index is 0.320. The Hall–Kier alpha value is -1.35. The molecule has 1 aliphatic heterocycles. The molecule has 1 aliphatic rings. The molecule has 0 aliphatic carbocycles. The lowest BCUT2D eigenvalue weighted by Crippen LogP contribution is -2.11. The van der Waals surface area contributed by atoms with E-state index in [0.29, 0.717) is 19.5 Å². The van der Waals surface area contributed by atoms with Gasteiger partial charge >= 0.3 is 0 Å². The number of ether oxygens (including phenoxy) is 1. The molecule has 3 heteroatoms. The molecule has 0 atom stereocenters. The second kappa shape index (κ2) is 5.66. The van der Waals surface area contributed by atoms with Crippen LogP contribution in [0.5, 0.6) is 0 Å². The molecule has 1 aromatic carbocycles. The van der Waals surface area contributed by atoms with Crippen LogP contribution in [0.1, 0.15) is 17.5 Å². The number of aryl methyl sites for hydroxylation is 1. The fraction of sp³-hybridized carbons (Fsp3) is 0.385. The van der Waals surface area contributed by atoms with Crippen molar-refractivity contribution < 1.29 is 9.13 Å². The Labute approximate surface area is 95.1 Å². The average molecular weight is 221 g/mol. The Bertz CT molecular complexity index is 376. The van der Waals surface area contributed by atoms with Crippen LogP contribution >= 0.6 is 0 Å². The fourth-order valence-corrected chi connectivity index (χ4v) is 1.88. The number of rotatable bonds is 4. The van der Waals surface area contributed by atoms with E-state index < -0.39 is 0 Å². The monoisotopic (exact) mass is 221 g/mol. The highest BCUT2D eigenvalue weighted by molar-refractivity contribution is 5.54. The first-order valence-corrected chi connectivity index (χ1v) is 5.59. The van der Waals surface area contributed by atoms with Crippen molar-refractivity contribution in [1.29, 1.82) is 0 Å². The molecule has 1 heterocycles. The summed E-state index contributed by atoms with van der Waals surface area (Å²) in [4.78, 5) is 0. The van der Waals surface area contributed by atoms with E-state index in [4.69, 9.17) is 4.74 Å². The lowest BCUT2D eigenvalue weighted by Gasteiger charge is -2.18. The number of hydrogen-bond acceptors (Lipinski definition) is 2. The van der Waals surface area contributed by atoms with Gasteiger partial charge in [-0.2, -0.15) is 0 Å². The van der Waals surface area contributed by atoms with Gasteiger partial charge in [-0.05, 0) is 36.1 Å². The highest BCUT2D eigenvalue weighted by Crippen LogP contribution is 2.23. The summed E-state index contributed by atoms with van der Waals surface area (Å²) in [5.74, 6) is 0. The van der Waals surface area contributed by atoms with Crippen LogP contribution in [-0.4, -0.2) is 13.2 Å². The van der Waals surface area contributed by atoms with Crippen LogP contribution in [0.3, 0.4) is 0 Å². The van der Waals surface area contributed by atoms with E-state index in [1.807, 2.05) is 0 Å². The molecule has 0 spiro atoms. The second-order valence-electron chi connectivity index (χ2n) is 3.90. The number of hydrogen-bond donors (Lipinski definition) is 1. The van der Waals surface area contributed by atoms with Gasteiger partial charge in [-0.1, -0.05) is 12.1 Å². The maximum atomic E-state index is 11.7. The molecule has 0 fully saturated rings. The van der Waals surface area contributed by atoms with Crippen LogP contribution in [0.4, 0.5) is 10.1 Å². The Morgan fingerprint density at radius 2 is 2.38 bits per heavy atom. The van der Waals surface area contributed by atoms with Crippen molar-refractivity contribution in [1.82, 2.24) is 0 Å². The van der Waals surface area contributed by atoms with Crippen molar-refractivity contribution >= 4 is 5.69 Å². The van der Waals surface area contributed by atoms with Crippen molar-refractivity contribution in [3.05, 3.63) is 41.7 Å². The molecular formula is C13H16FNO. The second-order valence-corrected chi connectivity index (χ2v) is 3.90. The molecule has 0 unspecified atom stereocenters. The maximum Gasteiger partial charge on any atom is 0.0849 e. The van der Waals surface area contributed by atoms with E-state index >= 15 is 0 Å². The average Bonchev–Trinajstić information content (AvgIpc) is 2.34. The molecule has 0 amide bonds. The first-order valence-electron chi connectivity index (χ1n) is 5.59. The first kappa shape index (κ1) is 11.1. The summed E-state index contributed by atoms with van der Waals surface area (Å²) in [6.07, 6.45) is 4.21. The topological polar surface area (TPSA) is 21.3 Å². The van der Waals surface area contributed by atoms with Gasteiger partial charge in [0, 0.05) is 12.2 Å². The summed E-state index contributed by atoms with van der Waals surface area (Å²) in [6, 6.07) is 6.34. The third-order valence-corrected chi connectivity index (χ3v) is 2.68. The zero-order valence-electron chi connectivity index (χ0n) is 9.21. The van der Waals surface area contributed by atoms with E-state index in [9.17, 15) is 4.39 Å². The third-order valence-electron chi connectivity index (χ3n) is 2.68. The van der Waals surface area contributed by atoms with Gasteiger partial charge in [-0.25, -0.2) is 4.39 Å². The summed E-state index contributed by atoms with van der Waals surface area (Å²) >= 11 is 0. The van der Waals surface area contributed by atoms with Crippen LogP contribution in [0.2, 0.25) is 0 Å². The minimum Gasteiger partial charge on any atom is -0.385 e. The smallest absolute Gasteiger partial charge is 0.0849 e. The Balaban J connectivity index is 1.95. The summed E-state index contributed by atoms with van der Waals surface area (Å²) < 4.78 is 17.0. The number of halogens is 1. The van der Waals surface area contributed by atoms with Crippen LogP contribution in [-0.2, 0) is 17.8 Å². The van der Waals surface area contributed by atoms with Crippen molar-refractivity contribution in [3.63, 3.8) is 0 Å². The molecule has 1 aromatic rings. The Morgan fingerprint density at radius 3 is 3.25 bits per heavy atom. The van der Waals surface area contributed by atoms with Gasteiger partial charge in [-0.3, -0.25) is 0 Å². The summed E-state index contributed by atoms with van der Waals surface area (Å²) in [6.45, 7) is 1.89. The molecule has 0 bridgehead atoms. The van der Waals surface area contributed by atoms with Crippen LogP contribution < -0.4 is 5.32 Å². The summed E-state index contributed by atoms with van der Waals surface area (Å²) in [5, 5.41) is 3.38. The first-order chi connectivity index (χ1) is 7.90. The van der Waals surface area contributed by atoms with E-state index in [1.54, 1.807) is 0 Å². The van der Waals surface area contributed by atoms with Crippen molar-refractivity contribution in [2.24, 2.45) is 0 Å². The van der Waals surface area contributed by atoms with Gasteiger partial charge < -0.3 is 10.1 Å². The standard InChI is InChI=1S/C13H16FNO/c14-6-2-8-16-10-11-4-5-12-3-1-7-15-13(12)9-11/h2,4-6,9,15H,1,3,7-8,10H2/b6-2+. The molecule has 0 radical (unpaired) electrons. The van der Waals surface area contributed by atoms with E-state index in [0.717, 1.165) is 18.5 Å². The zero-order valence-corrected chi connectivity index (χ0v) is 9.21. The van der Waals surface area contributed by atoms with Crippen LogP contribution in [0, 0.1) is 0 Å². The van der Waals surface area contributed by atoms with Gasteiger partial charge in [0.25, 0.3) is 0 Å². The Kier molecular flexibility index (Phi) is 3.94. The van der Waals surface area contributed by atoms with Crippen LogP contribution in [0.15, 0.2) is 30.6 Å². The maximum absolute atomic E-state index is 11.7. The van der Waals surface area contributed by atoms with Gasteiger partial charge in [-0.15, -0.1) is 0 Å². The fourth-order valence-electron chi connectivity index (χ4n) is 1.88. The number of anilines is 1. The number of nitrogens with one attached hydrogen (secondary N) is 1. The molecule has 1 N–H and O–H groups in total. The quantitative estimate of drug-likeness (QED) is 0.789. The largest absolute Gasteiger partial charge is 0.385 e. The number of benzene rings is 1. The highest BCUT2D eigenvalue weighted by Gasteiger charge is 2.08. The van der Waals surface area contributed by atoms with Gasteiger partial charge in [0.2, 0.25) is 0 Å².